The average Bonchev–Trinajstić information content (AvgIpc) is 2.93. The summed E-state index contributed by atoms with van der Waals surface area (Å²) in [7, 11) is -2.04. The Morgan fingerprint density at radius 2 is 1.74 bits per heavy atom. The molecular formula is C28H39N3O7S. The van der Waals surface area contributed by atoms with Crippen molar-refractivity contribution in [3.63, 3.8) is 0 Å². The minimum Gasteiger partial charge on any atom is -0.497 e. The highest BCUT2D eigenvalue weighted by Gasteiger charge is 2.27. The summed E-state index contributed by atoms with van der Waals surface area (Å²) in [6.07, 6.45) is 3.27. The molecule has 0 spiro atoms. The van der Waals surface area contributed by atoms with Gasteiger partial charge in [0.1, 0.15) is 25.0 Å². The Kier molecular flexibility index (Phi) is 10.8. The summed E-state index contributed by atoms with van der Waals surface area (Å²) in [6, 6.07) is 11.6. The molecule has 39 heavy (non-hydrogen) atoms. The minimum atomic E-state index is -3.62. The number of fused-ring (bicyclic) bond motifs is 1. The van der Waals surface area contributed by atoms with Crippen LogP contribution in [-0.2, 0) is 26.2 Å². The Bertz CT molecular complexity index is 1220. The van der Waals surface area contributed by atoms with Crippen molar-refractivity contribution in [1.29, 1.82) is 0 Å². The second-order valence-electron chi connectivity index (χ2n) is 9.46. The van der Waals surface area contributed by atoms with E-state index < -0.39 is 16.1 Å². The van der Waals surface area contributed by atoms with Crippen LogP contribution in [0.4, 0.5) is 5.69 Å². The molecule has 0 radical (unpaired) electrons. The number of carbonyl (C=O) groups is 2. The maximum Gasteiger partial charge on any atom is 0.242 e. The summed E-state index contributed by atoms with van der Waals surface area (Å²) in [5.74, 6) is 1.28. The predicted octanol–water partition coefficient (Wildman–Crippen LogP) is 3.35. The third-order valence-corrected chi connectivity index (χ3v) is 7.67. The summed E-state index contributed by atoms with van der Waals surface area (Å²) in [6.45, 7) is 5.45. The lowest BCUT2D eigenvalue weighted by atomic mass is 10.1. The molecule has 3 rings (SSSR count). The van der Waals surface area contributed by atoms with Crippen LogP contribution in [-0.4, -0.2) is 70.8 Å². The van der Waals surface area contributed by atoms with Gasteiger partial charge in [0.25, 0.3) is 0 Å². The molecule has 1 atom stereocenters. The molecule has 1 N–H and O–H groups in total. The second kappa shape index (κ2) is 14.1. The lowest BCUT2D eigenvalue weighted by Gasteiger charge is -2.29. The summed E-state index contributed by atoms with van der Waals surface area (Å²) < 4.78 is 42.9. The van der Waals surface area contributed by atoms with Crippen LogP contribution < -0.4 is 23.8 Å². The van der Waals surface area contributed by atoms with Crippen molar-refractivity contribution in [2.45, 2.75) is 52.1 Å². The zero-order valence-corrected chi connectivity index (χ0v) is 24.0. The van der Waals surface area contributed by atoms with Crippen LogP contribution in [0.3, 0.4) is 0 Å². The molecule has 0 bridgehead atoms. The maximum absolute atomic E-state index is 13.4. The number of nitrogens with zero attached hydrogens (tertiary/aromatic N) is 2. The number of methoxy groups -OCH3 is 1. The average molecular weight is 562 g/mol. The highest BCUT2D eigenvalue weighted by Crippen LogP contribution is 2.34. The highest BCUT2D eigenvalue weighted by atomic mass is 32.2. The highest BCUT2D eigenvalue weighted by molar-refractivity contribution is 7.92. The van der Waals surface area contributed by atoms with E-state index in [4.69, 9.17) is 14.2 Å². The number of nitrogens with one attached hydrogen (secondary N) is 1. The number of anilines is 1. The molecule has 2 aromatic rings. The first kappa shape index (κ1) is 30.1. The van der Waals surface area contributed by atoms with Crippen molar-refractivity contribution in [3.8, 4) is 17.2 Å². The number of sulfonamides is 1. The van der Waals surface area contributed by atoms with Gasteiger partial charge >= 0.3 is 0 Å². The number of ether oxygens (including phenoxy) is 3. The monoisotopic (exact) mass is 561 g/mol. The first-order valence-electron chi connectivity index (χ1n) is 13.2. The molecule has 214 valence electrons. The number of hydrogen-bond donors (Lipinski definition) is 1. The molecule has 0 unspecified atom stereocenters. The molecule has 1 aliphatic heterocycles. The van der Waals surface area contributed by atoms with Crippen LogP contribution in [0.5, 0.6) is 17.2 Å². The van der Waals surface area contributed by atoms with E-state index in [1.54, 1.807) is 44.4 Å². The van der Waals surface area contributed by atoms with Gasteiger partial charge in [0.2, 0.25) is 21.8 Å². The molecule has 0 aliphatic carbocycles. The number of benzene rings is 2. The Morgan fingerprint density at radius 3 is 2.38 bits per heavy atom. The number of unbranched alkanes of at least 4 members (excludes halogenated alkanes) is 1. The van der Waals surface area contributed by atoms with Gasteiger partial charge in [-0.2, -0.15) is 0 Å². The first-order valence-corrected chi connectivity index (χ1v) is 15.1. The molecule has 10 nitrogen and oxygen atoms in total. The molecule has 0 saturated carbocycles. The summed E-state index contributed by atoms with van der Waals surface area (Å²) in [4.78, 5) is 27.8. The van der Waals surface area contributed by atoms with E-state index in [1.807, 2.05) is 19.1 Å². The van der Waals surface area contributed by atoms with E-state index in [-0.39, 0.29) is 37.7 Å². The number of rotatable bonds is 14. The van der Waals surface area contributed by atoms with Gasteiger partial charge in [-0.25, -0.2) is 8.42 Å². The van der Waals surface area contributed by atoms with Crippen LogP contribution >= 0.6 is 0 Å². The number of carbonyl (C=O) groups excluding carboxylic acids is 2. The van der Waals surface area contributed by atoms with E-state index in [9.17, 15) is 18.0 Å². The van der Waals surface area contributed by atoms with Crippen LogP contribution in [0, 0.1) is 0 Å². The molecule has 2 amide bonds. The molecule has 1 heterocycles. The molecule has 11 heteroatoms. The van der Waals surface area contributed by atoms with Gasteiger partial charge in [0.05, 0.1) is 19.1 Å². The van der Waals surface area contributed by atoms with E-state index in [1.165, 1.54) is 9.21 Å². The Morgan fingerprint density at radius 1 is 1.05 bits per heavy atom. The molecule has 2 aromatic carbocycles. The minimum absolute atomic E-state index is 0.0688. The third kappa shape index (κ3) is 8.51. The smallest absolute Gasteiger partial charge is 0.242 e. The van der Waals surface area contributed by atoms with E-state index in [2.05, 4.69) is 5.32 Å². The standard InChI is InChI=1S/C28H39N3O7S/c1-5-6-15-29-28(33)21(2)30(20-22-9-12-24(36-3)13-10-22)27(32)8-7-16-31(39(4,34)35)23-11-14-25-26(19-23)38-18-17-37-25/h9-14,19,21H,5-8,15-18,20H2,1-4H3,(H,29,33)/t21-/m1/s1. The van der Waals surface area contributed by atoms with Crippen molar-refractivity contribution >= 4 is 27.5 Å². The van der Waals surface area contributed by atoms with E-state index in [0.717, 1.165) is 24.7 Å². The molecule has 0 aromatic heterocycles. The Labute approximate surface area is 231 Å². The van der Waals surface area contributed by atoms with Crippen molar-refractivity contribution < 1.29 is 32.2 Å². The van der Waals surface area contributed by atoms with E-state index >= 15 is 0 Å². The normalized spacial score (nSPS) is 13.3. The van der Waals surface area contributed by atoms with Gasteiger partial charge in [-0.05, 0) is 49.6 Å². The largest absolute Gasteiger partial charge is 0.497 e. The van der Waals surface area contributed by atoms with Crippen LogP contribution in [0.1, 0.15) is 45.1 Å². The lowest BCUT2D eigenvalue weighted by Crippen LogP contribution is -2.47. The predicted molar refractivity (Wildman–Crippen MR) is 150 cm³/mol. The fourth-order valence-electron chi connectivity index (χ4n) is 4.24. The molecular weight excluding hydrogens is 522 g/mol. The summed E-state index contributed by atoms with van der Waals surface area (Å²) in [5.41, 5.74) is 1.29. The topological polar surface area (TPSA) is 114 Å². The molecule has 0 fully saturated rings. The molecule has 0 saturated heterocycles. The maximum atomic E-state index is 13.4. The Hall–Kier alpha value is -3.47. The van der Waals surface area contributed by atoms with Crippen LogP contribution in [0.15, 0.2) is 42.5 Å². The van der Waals surface area contributed by atoms with Gasteiger partial charge in [0.15, 0.2) is 11.5 Å². The third-order valence-electron chi connectivity index (χ3n) is 6.47. The lowest BCUT2D eigenvalue weighted by molar-refractivity contribution is -0.140. The van der Waals surface area contributed by atoms with Crippen LogP contribution in [0.2, 0.25) is 0 Å². The SMILES string of the molecule is CCCCNC(=O)[C@@H](C)N(Cc1ccc(OC)cc1)C(=O)CCCN(c1ccc2c(c1)OCCO2)S(C)(=O)=O. The zero-order chi connectivity index (χ0) is 28.4. The van der Waals surface area contributed by atoms with Gasteiger partial charge in [-0.15, -0.1) is 0 Å². The van der Waals surface area contributed by atoms with Gasteiger partial charge < -0.3 is 24.4 Å². The number of amides is 2. The van der Waals surface area contributed by atoms with E-state index in [0.29, 0.717) is 42.7 Å². The first-order chi connectivity index (χ1) is 18.6. The van der Waals surface area contributed by atoms with Gasteiger partial charge in [0, 0.05) is 32.1 Å². The van der Waals surface area contributed by atoms with Crippen LogP contribution in [0.25, 0.3) is 0 Å². The zero-order valence-electron chi connectivity index (χ0n) is 23.1. The van der Waals surface area contributed by atoms with Crippen molar-refractivity contribution in [2.75, 3.05) is 44.0 Å². The van der Waals surface area contributed by atoms with Gasteiger partial charge in [-0.3, -0.25) is 13.9 Å². The Balaban J connectivity index is 1.72. The van der Waals surface area contributed by atoms with Crippen molar-refractivity contribution in [3.05, 3.63) is 48.0 Å². The molecule has 1 aliphatic rings. The van der Waals surface area contributed by atoms with Crippen molar-refractivity contribution in [1.82, 2.24) is 10.2 Å². The second-order valence-corrected chi connectivity index (χ2v) is 11.4. The fourth-order valence-corrected chi connectivity index (χ4v) is 5.19. The van der Waals surface area contributed by atoms with Gasteiger partial charge in [-0.1, -0.05) is 25.5 Å². The summed E-state index contributed by atoms with van der Waals surface area (Å²) >= 11 is 0. The summed E-state index contributed by atoms with van der Waals surface area (Å²) in [5, 5.41) is 2.90. The fraction of sp³-hybridized carbons (Fsp3) is 0.500. The quantitative estimate of drug-likeness (QED) is 0.352. The van der Waals surface area contributed by atoms with Crippen molar-refractivity contribution in [2.24, 2.45) is 0 Å². The number of hydrogen-bond acceptors (Lipinski definition) is 7.